The van der Waals surface area contributed by atoms with Crippen LogP contribution in [0, 0.1) is 0 Å². The Hall–Kier alpha value is -2.58. The van der Waals surface area contributed by atoms with Crippen LogP contribution >= 0.6 is 0 Å². The molecule has 1 aromatic rings. The topological polar surface area (TPSA) is 136 Å². The largest absolute Gasteiger partial charge is 0.480 e. The van der Waals surface area contributed by atoms with E-state index in [1.54, 1.807) is 0 Å². The summed E-state index contributed by atoms with van der Waals surface area (Å²) in [6.07, 6.45) is 3.95. The zero-order chi connectivity index (χ0) is 15.2. The van der Waals surface area contributed by atoms with E-state index in [0.717, 1.165) is 0 Å². The first-order chi connectivity index (χ1) is 10.0. The van der Waals surface area contributed by atoms with Crippen molar-refractivity contribution in [3.8, 4) is 0 Å². The van der Waals surface area contributed by atoms with E-state index in [1.807, 2.05) is 0 Å². The second-order valence-electron chi connectivity index (χ2n) is 4.83. The predicted molar refractivity (Wildman–Crippen MR) is 71.4 cm³/mol. The Labute approximate surface area is 120 Å². The van der Waals surface area contributed by atoms with E-state index < -0.39 is 18.0 Å². The molecule has 1 aliphatic heterocycles. The van der Waals surface area contributed by atoms with Gasteiger partial charge in [-0.2, -0.15) is 0 Å². The molecule has 0 aliphatic carbocycles. The van der Waals surface area contributed by atoms with Crippen LogP contribution < -0.4 is 16.0 Å². The fraction of sp³-hybridized carbons (Fsp3) is 0.500. The van der Waals surface area contributed by atoms with Crippen molar-refractivity contribution in [3.63, 3.8) is 0 Å². The summed E-state index contributed by atoms with van der Waals surface area (Å²) >= 11 is 0. The minimum atomic E-state index is -1.13. The molecule has 0 bridgehead atoms. The molecule has 2 atom stereocenters. The Morgan fingerprint density at radius 1 is 1.52 bits per heavy atom. The van der Waals surface area contributed by atoms with Crippen LogP contribution in [0.1, 0.15) is 18.5 Å². The number of hydrogen-bond donors (Lipinski definition) is 5. The van der Waals surface area contributed by atoms with Crippen molar-refractivity contribution in [1.82, 2.24) is 25.9 Å². The highest BCUT2D eigenvalue weighted by atomic mass is 16.4. The van der Waals surface area contributed by atoms with Crippen LogP contribution in [0.4, 0.5) is 4.79 Å². The number of rotatable bonds is 5. The maximum Gasteiger partial charge on any atom is 0.326 e. The van der Waals surface area contributed by atoms with E-state index in [9.17, 15) is 14.4 Å². The summed E-state index contributed by atoms with van der Waals surface area (Å²) < 4.78 is 0. The number of H-pyrrole nitrogens is 1. The van der Waals surface area contributed by atoms with Crippen LogP contribution in [-0.4, -0.2) is 51.6 Å². The minimum Gasteiger partial charge on any atom is -0.480 e. The molecule has 1 unspecified atom stereocenters. The summed E-state index contributed by atoms with van der Waals surface area (Å²) in [7, 11) is 0. The lowest BCUT2D eigenvalue weighted by Crippen LogP contribution is -2.54. The summed E-state index contributed by atoms with van der Waals surface area (Å²) in [4.78, 5) is 40.6. The van der Waals surface area contributed by atoms with Crippen molar-refractivity contribution in [2.45, 2.75) is 31.3 Å². The summed E-state index contributed by atoms with van der Waals surface area (Å²) in [5, 5.41) is 16.8. The van der Waals surface area contributed by atoms with Crippen molar-refractivity contribution < 1.29 is 19.5 Å². The van der Waals surface area contributed by atoms with E-state index in [0.29, 0.717) is 25.1 Å². The van der Waals surface area contributed by atoms with Gasteiger partial charge in [0.2, 0.25) is 5.91 Å². The molecule has 3 amide bonds. The Balaban J connectivity index is 1.83. The van der Waals surface area contributed by atoms with E-state index in [4.69, 9.17) is 5.11 Å². The lowest BCUT2D eigenvalue weighted by atomic mass is 10.1. The minimum absolute atomic E-state index is 0.0453. The number of aromatic amines is 1. The van der Waals surface area contributed by atoms with Crippen LogP contribution in [0.2, 0.25) is 0 Å². The third-order valence-corrected chi connectivity index (χ3v) is 3.18. The Kier molecular flexibility index (Phi) is 4.75. The first-order valence-corrected chi connectivity index (χ1v) is 6.58. The second-order valence-corrected chi connectivity index (χ2v) is 4.83. The van der Waals surface area contributed by atoms with Gasteiger partial charge in [-0.1, -0.05) is 0 Å². The zero-order valence-corrected chi connectivity index (χ0v) is 11.3. The molecule has 0 saturated carbocycles. The summed E-state index contributed by atoms with van der Waals surface area (Å²) in [6, 6.07) is -1.81. The molecule has 114 valence electrons. The first kappa shape index (κ1) is 14.8. The van der Waals surface area contributed by atoms with E-state index in [-0.39, 0.29) is 18.4 Å². The molecule has 1 saturated heterocycles. The molecule has 0 aromatic carbocycles. The van der Waals surface area contributed by atoms with Crippen molar-refractivity contribution in [2.24, 2.45) is 0 Å². The number of hydrogen-bond acceptors (Lipinski definition) is 4. The maximum absolute atomic E-state index is 11.8. The zero-order valence-electron chi connectivity index (χ0n) is 11.3. The Bertz CT molecular complexity index is 506. The highest BCUT2D eigenvalue weighted by molar-refractivity contribution is 5.83. The fourth-order valence-corrected chi connectivity index (χ4v) is 2.06. The number of imidazole rings is 1. The third-order valence-electron chi connectivity index (χ3n) is 3.18. The molecule has 5 N–H and O–H groups in total. The molecule has 9 heteroatoms. The van der Waals surface area contributed by atoms with Crippen molar-refractivity contribution in [3.05, 3.63) is 18.2 Å². The van der Waals surface area contributed by atoms with Gasteiger partial charge in [0.15, 0.2) is 0 Å². The standard InChI is InChI=1S/C12H17N5O4/c18-10-2-1-7(5-14-10)16-12(21)17-9(11(19)20)3-8-4-13-6-15-8/h4,6-7,9H,1-3,5H2,(H,13,15)(H,14,18)(H,19,20)(H2,16,17,21)/t7?,9-/m1/s1. The highest BCUT2D eigenvalue weighted by Gasteiger charge is 2.24. The molecule has 1 aliphatic rings. The molecule has 0 radical (unpaired) electrons. The van der Waals surface area contributed by atoms with Crippen molar-refractivity contribution in [1.29, 1.82) is 0 Å². The van der Waals surface area contributed by atoms with Gasteiger partial charge in [-0.05, 0) is 6.42 Å². The number of carboxylic acids is 1. The number of aromatic nitrogens is 2. The normalized spacial score (nSPS) is 19.4. The first-order valence-electron chi connectivity index (χ1n) is 6.58. The third kappa shape index (κ3) is 4.48. The molecule has 9 nitrogen and oxygen atoms in total. The maximum atomic E-state index is 11.8. The number of amides is 3. The lowest BCUT2D eigenvalue weighted by Gasteiger charge is -2.24. The quantitative estimate of drug-likeness (QED) is 0.474. The molecule has 1 aromatic heterocycles. The van der Waals surface area contributed by atoms with Gasteiger partial charge in [-0.3, -0.25) is 4.79 Å². The molecule has 0 spiro atoms. The number of aliphatic carboxylic acids is 1. The molecule has 1 fully saturated rings. The number of carbonyl (C=O) groups is 3. The summed E-state index contributed by atoms with van der Waals surface area (Å²) in [5.41, 5.74) is 0.618. The SMILES string of the molecule is O=C1CCC(NC(=O)N[C@H](Cc2cnc[nH]2)C(=O)O)CN1. The number of nitrogens with zero attached hydrogens (tertiary/aromatic N) is 1. The van der Waals surface area contributed by atoms with Gasteiger partial charge in [0.05, 0.1) is 6.33 Å². The molecule has 2 rings (SSSR count). The molecule has 21 heavy (non-hydrogen) atoms. The van der Waals surface area contributed by atoms with Gasteiger partial charge in [-0.25, -0.2) is 14.6 Å². The molecule has 2 heterocycles. The van der Waals surface area contributed by atoms with Gasteiger partial charge >= 0.3 is 12.0 Å². The number of carbonyl (C=O) groups excluding carboxylic acids is 2. The number of carboxylic acid groups (broad SMARTS) is 1. The molecular formula is C12H17N5O4. The smallest absolute Gasteiger partial charge is 0.326 e. The number of urea groups is 1. The summed E-state index contributed by atoms with van der Waals surface area (Å²) in [5.74, 6) is -1.17. The Morgan fingerprint density at radius 3 is 2.90 bits per heavy atom. The van der Waals surface area contributed by atoms with Gasteiger partial charge in [0.25, 0.3) is 0 Å². The van der Waals surface area contributed by atoms with E-state index in [2.05, 4.69) is 25.9 Å². The van der Waals surface area contributed by atoms with Crippen LogP contribution in [0.5, 0.6) is 0 Å². The van der Waals surface area contributed by atoms with Gasteiger partial charge < -0.3 is 26.0 Å². The van der Waals surface area contributed by atoms with Crippen molar-refractivity contribution >= 4 is 17.9 Å². The average Bonchev–Trinajstić information content (AvgIpc) is 2.93. The van der Waals surface area contributed by atoms with Crippen molar-refractivity contribution in [2.75, 3.05) is 6.54 Å². The van der Waals surface area contributed by atoms with Crippen LogP contribution in [0.3, 0.4) is 0 Å². The lowest BCUT2D eigenvalue weighted by molar-refractivity contribution is -0.139. The van der Waals surface area contributed by atoms with Gasteiger partial charge in [0, 0.05) is 37.3 Å². The van der Waals surface area contributed by atoms with Gasteiger partial charge in [0.1, 0.15) is 6.04 Å². The fourth-order valence-electron chi connectivity index (χ4n) is 2.06. The average molecular weight is 295 g/mol. The number of nitrogens with one attached hydrogen (secondary N) is 4. The van der Waals surface area contributed by atoms with Crippen LogP contribution in [0.25, 0.3) is 0 Å². The second kappa shape index (κ2) is 6.73. The summed E-state index contributed by atoms with van der Waals surface area (Å²) in [6.45, 7) is 0.352. The highest BCUT2D eigenvalue weighted by Crippen LogP contribution is 2.03. The van der Waals surface area contributed by atoms with E-state index in [1.165, 1.54) is 12.5 Å². The van der Waals surface area contributed by atoms with E-state index >= 15 is 0 Å². The predicted octanol–water partition coefficient (Wildman–Crippen LogP) is -1.02. The molecular weight excluding hydrogens is 278 g/mol. The number of piperidine rings is 1. The monoisotopic (exact) mass is 295 g/mol. The van der Waals surface area contributed by atoms with Crippen LogP contribution in [-0.2, 0) is 16.0 Å². The van der Waals surface area contributed by atoms with Crippen LogP contribution in [0.15, 0.2) is 12.5 Å². The Morgan fingerprint density at radius 2 is 2.33 bits per heavy atom. The van der Waals surface area contributed by atoms with Gasteiger partial charge in [-0.15, -0.1) is 0 Å².